The van der Waals surface area contributed by atoms with Crippen molar-refractivity contribution in [3.63, 3.8) is 0 Å². The van der Waals surface area contributed by atoms with Crippen molar-refractivity contribution in [2.45, 2.75) is 329 Å². The Morgan fingerprint density at radius 2 is 0.510 bits per heavy atom. The van der Waals surface area contributed by atoms with Crippen LogP contribution in [0.5, 0.6) is 0 Å². The zero-order chi connectivity index (χ0) is 76.0. The van der Waals surface area contributed by atoms with Gasteiger partial charge in [-0.15, -0.1) is 0 Å². The first-order valence-corrected chi connectivity index (χ1v) is 43.1. The molecule has 17 nitrogen and oxygen atoms in total. The van der Waals surface area contributed by atoms with Crippen molar-refractivity contribution in [2.75, 3.05) is 39.6 Å². The number of ether oxygens (including phenoxy) is 4. The molecule has 0 bridgehead atoms. The van der Waals surface area contributed by atoms with E-state index in [4.69, 9.17) is 37.0 Å². The van der Waals surface area contributed by atoms with Crippen LogP contribution < -0.4 is 0 Å². The Kier molecular flexibility index (Phi) is 72.4. The fourth-order valence-electron chi connectivity index (χ4n) is 10.3. The maximum atomic E-state index is 13.1. The van der Waals surface area contributed by atoms with E-state index >= 15 is 0 Å². The number of carbonyl (C=O) groups excluding carboxylic acids is 4. The van der Waals surface area contributed by atoms with E-state index in [1.54, 1.807) is 0 Å². The van der Waals surface area contributed by atoms with E-state index in [-0.39, 0.29) is 25.7 Å². The predicted molar refractivity (Wildman–Crippen MR) is 427 cm³/mol. The number of rotatable bonds is 74. The molecule has 0 aliphatic carbocycles. The van der Waals surface area contributed by atoms with Crippen LogP contribution in [-0.2, 0) is 65.4 Å². The fourth-order valence-corrected chi connectivity index (χ4v) is 11.8. The van der Waals surface area contributed by atoms with Crippen molar-refractivity contribution < 1.29 is 80.2 Å². The van der Waals surface area contributed by atoms with Crippen LogP contribution in [0.2, 0.25) is 0 Å². The molecule has 0 heterocycles. The largest absolute Gasteiger partial charge is 0.472 e. The number of esters is 4. The summed E-state index contributed by atoms with van der Waals surface area (Å²) >= 11 is 0. The zero-order valence-electron chi connectivity index (χ0n) is 64.9. The number of carbonyl (C=O) groups is 4. The number of aliphatic hydroxyl groups excluding tert-OH is 1. The lowest BCUT2D eigenvalue weighted by molar-refractivity contribution is -0.161. The highest BCUT2D eigenvalue weighted by Crippen LogP contribution is 2.45. The van der Waals surface area contributed by atoms with Crippen LogP contribution in [0, 0.1) is 0 Å². The summed E-state index contributed by atoms with van der Waals surface area (Å²) in [5.74, 6) is -2.29. The molecule has 0 aromatic heterocycles. The average Bonchev–Trinajstić information content (AvgIpc) is 0.911. The summed E-state index contributed by atoms with van der Waals surface area (Å²) in [5, 5.41) is 10.6. The number of aliphatic hydroxyl groups is 1. The second-order valence-electron chi connectivity index (χ2n) is 26.2. The zero-order valence-corrected chi connectivity index (χ0v) is 66.7. The highest BCUT2D eigenvalue weighted by molar-refractivity contribution is 7.47. The third-order valence-electron chi connectivity index (χ3n) is 16.3. The van der Waals surface area contributed by atoms with Gasteiger partial charge in [0.2, 0.25) is 0 Å². The standard InChI is InChI=1S/C85H142O17P2/c1-5-9-13-17-21-25-29-33-36-38-39-41-44-47-50-54-58-62-66-70-83(88)96-76-81(102-85(90)72-68-64-60-56-52-48-42-35-31-27-23-19-15-11-7-3)78-100-104(93,94)98-74-79(86)73-97-103(91,92)99-77-80(101-84(89)71-67-63-59-55-51-45-32-28-24-20-16-12-8-4)75-95-82(87)69-65-61-57-53-49-46-43-40-37-34-30-26-22-18-14-10-6-2/h9-10,13-14,21-23,25-27,33-37,39,41-43,46-47,50,53,57,79-81,86H,5-8,11-12,15-20,24,28-32,38,40,44-45,48-49,51-52,54-56,58-78H2,1-4H3,(H,91,92)(H,93,94)/b13-9-,14-10-,25-21-,26-22-,27-23-,36-33-,37-34-,41-39-,42-35-,46-43-,50-47-,57-53-. The molecule has 0 radical (unpaired) electrons. The molecule has 0 fully saturated rings. The quantitative estimate of drug-likeness (QED) is 0.0169. The van der Waals surface area contributed by atoms with E-state index in [0.717, 1.165) is 154 Å². The van der Waals surface area contributed by atoms with Crippen LogP contribution in [0.4, 0.5) is 0 Å². The average molecular weight is 1500 g/mol. The molecule has 104 heavy (non-hydrogen) atoms. The van der Waals surface area contributed by atoms with Crippen molar-refractivity contribution in [1.82, 2.24) is 0 Å². The van der Waals surface area contributed by atoms with Gasteiger partial charge in [0.1, 0.15) is 19.3 Å². The molecule has 0 aliphatic rings. The van der Waals surface area contributed by atoms with Gasteiger partial charge >= 0.3 is 39.5 Å². The van der Waals surface area contributed by atoms with Crippen molar-refractivity contribution in [3.05, 3.63) is 146 Å². The lowest BCUT2D eigenvalue weighted by Crippen LogP contribution is -2.30. The molecule has 594 valence electrons. The second-order valence-corrected chi connectivity index (χ2v) is 29.2. The Morgan fingerprint density at radius 1 is 0.279 bits per heavy atom. The van der Waals surface area contributed by atoms with Crippen LogP contribution in [0.1, 0.15) is 310 Å². The number of phosphoric ester groups is 2. The molecule has 0 rings (SSSR count). The van der Waals surface area contributed by atoms with Crippen molar-refractivity contribution >= 4 is 39.5 Å². The minimum Gasteiger partial charge on any atom is -0.462 e. The van der Waals surface area contributed by atoms with Crippen LogP contribution in [0.3, 0.4) is 0 Å². The van der Waals surface area contributed by atoms with E-state index in [1.165, 1.54) is 70.6 Å². The van der Waals surface area contributed by atoms with Gasteiger partial charge in [-0.2, -0.15) is 0 Å². The third kappa shape index (κ3) is 75.2. The lowest BCUT2D eigenvalue weighted by atomic mass is 10.0. The normalized spacial score (nSPS) is 14.6. The summed E-state index contributed by atoms with van der Waals surface area (Å²) in [6, 6.07) is 0. The summed E-state index contributed by atoms with van der Waals surface area (Å²) < 4.78 is 68.5. The number of phosphoric acid groups is 2. The van der Waals surface area contributed by atoms with Crippen molar-refractivity contribution in [2.24, 2.45) is 0 Å². The first kappa shape index (κ1) is 98.9. The molecule has 19 heteroatoms. The van der Waals surface area contributed by atoms with Crippen LogP contribution >= 0.6 is 15.6 Å². The highest BCUT2D eigenvalue weighted by atomic mass is 31.2. The minimum absolute atomic E-state index is 0.0665. The van der Waals surface area contributed by atoms with Gasteiger partial charge < -0.3 is 33.8 Å². The van der Waals surface area contributed by atoms with E-state index in [9.17, 15) is 43.2 Å². The monoisotopic (exact) mass is 1500 g/mol. The first-order valence-electron chi connectivity index (χ1n) is 40.1. The third-order valence-corrected chi connectivity index (χ3v) is 18.2. The van der Waals surface area contributed by atoms with Gasteiger partial charge in [-0.05, 0) is 141 Å². The number of hydrogen-bond acceptors (Lipinski definition) is 15. The smallest absolute Gasteiger partial charge is 0.462 e. The molecule has 0 spiro atoms. The Hall–Kier alpha value is -5.06. The summed E-state index contributed by atoms with van der Waals surface area (Å²) in [5.41, 5.74) is 0. The SMILES string of the molecule is CC/C=C\C/C=C\C/C=C\C/C=C\C/C=C\CCCCCC(=O)OCC(COP(=O)(O)OCC(O)COP(=O)(O)OCC(COC(=O)CCC/C=C\C/C=C\C/C=C\C/C=C\C/C=C\CC)OC(=O)CCCCCCCCCCCCCCC)OC(=O)CCCCCCC/C=C\C/C=C\CCCCC. The van der Waals surface area contributed by atoms with Gasteiger partial charge in [-0.25, -0.2) is 9.13 Å². The molecular weight excluding hydrogens is 1350 g/mol. The Balaban J connectivity index is 5.44. The number of allylic oxidation sites excluding steroid dienone is 24. The predicted octanol–water partition coefficient (Wildman–Crippen LogP) is 23.4. The van der Waals surface area contributed by atoms with Gasteiger partial charge in [0.15, 0.2) is 12.2 Å². The van der Waals surface area contributed by atoms with Crippen molar-refractivity contribution in [1.29, 1.82) is 0 Å². The van der Waals surface area contributed by atoms with E-state index in [2.05, 4.69) is 161 Å². The lowest BCUT2D eigenvalue weighted by Gasteiger charge is -2.21. The summed E-state index contributed by atoms with van der Waals surface area (Å²) in [6.45, 7) is 4.51. The molecule has 3 N–H and O–H groups in total. The van der Waals surface area contributed by atoms with Gasteiger partial charge in [-0.3, -0.25) is 37.3 Å². The Morgan fingerprint density at radius 3 is 0.837 bits per heavy atom. The molecule has 0 amide bonds. The molecule has 0 saturated heterocycles. The summed E-state index contributed by atoms with van der Waals surface area (Å²) in [4.78, 5) is 73.0. The first-order chi connectivity index (χ1) is 50.7. The number of hydrogen-bond donors (Lipinski definition) is 3. The molecular formula is C85H142O17P2. The van der Waals surface area contributed by atoms with E-state index in [0.29, 0.717) is 32.1 Å². The van der Waals surface area contributed by atoms with Gasteiger partial charge in [0, 0.05) is 25.7 Å². The fraction of sp³-hybridized carbons (Fsp3) is 0.671. The van der Waals surface area contributed by atoms with Crippen LogP contribution in [0.25, 0.3) is 0 Å². The highest BCUT2D eigenvalue weighted by Gasteiger charge is 2.30. The summed E-state index contributed by atoms with van der Waals surface area (Å²) in [6.07, 6.45) is 86.9. The molecule has 5 unspecified atom stereocenters. The van der Waals surface area contributed by atoms with Gasteiger partial charge in [0.05, 0.1) is 26.4 Å². The Bertz CT molecular complexity index is 2540. The topological polar surface area (TPSA) is 237 Å². The molecule has 0 aromatic rings. The van der Waals surface area contributed by atoms with Crippen LogP contribution in [-0.4, -0.2) is 96.7 Å². The van der Waals surface area contributed by atoms with Gasteiger partial charge in [0.25, 0.3) is 0 Å². The van der Waals surface area contributed by atoms with E-state index < -0.39 is 97.5 Å². The number of unbranched alkanes of at least 4 members (excludes halogenated alkanes) is 24. The van der Waals surface area contributed by atoms with Gasteiger partial charge in [-0.1, -0.05) is 289 Å². The molecule has 0 saturated carbocycles. The minimum atomic E-state index is -5.00. The van der Waals surface area contributed by atoms with Crippen LogP contribution in [0.15, 0.2) is 146 Å². The Labute approximate surface area is 630 Å². The second kappa shape index (κ2) is 76.1. The molecule has 0 aliphatic heterocycles. The molecule has 0 aromatic carbocycles. The van der Waals surface area contributed by atoms with Crippen molar-refractivity contribution in [3.8, 4) is 0 Å². The molecule has 5 atom stereocenters. The van der Waals surface area contributed by atoms with E-state index in [1.807, 2.05) is 12.2 Å². The maximum absolute atomic E-state index is 13.1. The summed E-state index contributed by atoms with van der Waals surface area (Å²) in [7, 11) is -9.99. The maximum Gasteiger partial charge on any atom is 0.472 e.